The van der Waals surface area contributed by atoms with E-state index < -0.39 is 0 Å². The predicted molar refractivity (Wildman–Crippen MR) is 114 cm³/mol. The molecule has 0 unspecified atom stereocenters. The van der Waals surface area contributed by atoms with Gasteiger partial charge in [0.05, 0.1) is 6.61 Å². The molecule has 0 saturated carbocycles. The summed E-state index contributed by atoms with van der Waals surface area (Å²) in [5, 5.41) is 17.8. The maximum Gasteiger partial charge on any atom is 0.160 e. The molecule has 1 aliphatic heterocycles. The zero-order valence-electron chi connectivity index (χ0n) is 16.7. The molecular weight excluding hydrogens is 376 g/mol. The average molecular weight is 400 g/mol. The lowest BCUT2D eigenvalue weighted by Crippen LogP contribution is -2.32. The Balaban J connectivity index is 1.27. The van der Waals surface area contributed by atoms with Gasteiger partial charge in [-0.3, -0.25) is 9.30 Å². The minimum absolute atomic E-state index is 0.0182. The number of aliphatic hydroxyl groups excluding tert-OH is 1. The van der Waals surface area contributed by atoms with Crippen LogP contribution in [0, 0.1) is 0 Å². The van der Waals surface area contributed by atoms with E-state index in [-0.39, 0.29) is 6.61 Å². The minimum Gasteiger partial charge on any atom is -0.392 e. The fourth-order valence-corrected chi connectivity index (χ4v) is 4.28. The third-order valence-electron chi connectivity index (χ3n) is 5.94. The normalized spacial score (nSPS) is 15.6. The van der Waals surface area contributed by atoms with Crippen LogP contribution in [0.4, 0.5) is 0 Å². The fourth-order valence-electron chi connectivity index (χ4n) is 4.28. The van der Waals surface area contributed by atoms with E-state index in [0.29, 0.717) is 11.7 Å². The summed E-state index contributed by atoms with van der Waals surface area (Å²) >= 11 is 0. The van der Waals surface area contributed by atoms with E-state index in [0.717, 1.165) is 49.2 Å². The molecule has 0 amide bonds. The Bertz CT molecular complexity index is 1130. The van der Waals surface area contributed by atoms with Gasteiger partial charge in [-0.25, -0.2) is 9.97 Å². The van der Waals surface area contributed by atoms with Gasteiger partial charge in [0, 0.05) is 30.7 Å². The highest BCUT2D eigenvalue weighted by Crippen LogP contribution is 2.30. The maximum absolute atomic E-state index is 9.71. The molecule has 0 aliphatic carbocycles. The van der Waals surface area contributed by atoms with Crippen molar-refractivity contribution in [1.29, 1.82) is 0 Å². The summed E-state index contributed by atoms with van der Waals surface area (Å²) in [6.07, 6.45) is 9.52. The second-order valence-electron chi connectivity index (χ2n) is 7.83. The van der Waals surface area contributed by atoms with Crippen molar-refractivity contribution in [1.82, 2.24) is 29.5 Å². The lowest BCUT2D eigenvalue weighted by molar-refractivity contribution is 0.204. The van der Waals surface area contributed by atoms with Crippen LogP contribution < -0.4 is 0 Å². The first-order valence-corrected chi connectivity index (χ1v) is 10.3. The zero-order chi connectivity index (χ0) is 20.3. The van der Waals surface area contributed by atoms with Crippen LogP contribution in [0.2, 0.25) is 0 Å². The van der Waals surface area contributed by atoms with Crippen LogP contribution in [0.25, 0.3) is 17.0 Å². The number of aliphatic hydroxyl groups is 1. The Morgan fingerprint density at radius 3 is 2.67 bits per heavy atom. The molecule has 0 spiro atoms. The van der Waals surface area contributed by atoms with Crippen molar-refractivity contribution >= 4 is 5.65 Å². The monoisotopic (exact) mass is 400 g/mol. The number of fused-ring (bicyclic) bond motifs is 1. The summed E-state index contributed by atoms with van der Waals surface area (Å²) in [5.74, 6) is 1.22. The van der Waals surface area contributed by atoms with Crippen molar-refractivity contribution < 1.29 is 5.11 Å². The molecule has 1 aromatic carbocycles. The Kier molecular flexibility index (Phi) is 5.21. The highest BCUT2D eigenvalue weighted by Gasteiger charge is 2.21. The van der Waals surface area contributed by atoms with Crippen molar-refractivity contribution in [2.45, 2.75) is 31.9 Å². The number of piperidine rings is 1. The van der Waals surface area contributed by atoms with E-state index in [4.69, 9.17) is 0 Å². The zero-order valence-corrected chi connectivity index (χ0v) is 16.7. The molecule has 1 fully saturated rings. The second kappa shape index (κ2) is 8.30. The topological polar surface area (TPSA) is 79.4 Å². The average Bonchev–Trinajstić information content (AvgIpc) is 3.28. The van der Waals surface area contributed by atoms with Gasteiger partial charge in [-0.15, -0.1) is 10.2 Å². The molecule has 0 radical (unpaired) electrons. The van der Waals surface area contributed by atoms with Crippen LogP contribution in [0.5, 0.6) is 0 Å². The molecule has 152 valence electrons. The molecule has 5 rings (SSSR count). The van der Waals surface area contributed by atoms with Gasteiger partial charge in [-0.05, 0) is 72.8 Å². The first kappa shape index (κ1) is 18.8. The van der Waals surface area contributed by atoms with Gasteiger partial charge in [0.2, 0.25) is 0 Å². The number of rotatable bonds is 5. The summed E-state index contributed by atoms with van der Waals surface area (Å²) in [6, 6.07) is 12.4. The molecule has 0 atom stereocenters. The van der Waals surface area contributed by atoms with Crippen LogP contribution in [-0.2, 0) is 13.2 Å². The Hall–Kier alpha value is -3.16. The number of likely N-dealkylation sites (tertiary alicyclic amines) is 1. The standard InChI is InChI=1S/C23H24N6O/c30-15-20-3-2-17(12-21(20)23-24-7-1-8-25-23)14-28-9-4-18(5-10-28)19-6-11-29-16-26-27-22(29)13-19/h1-3,6-8,11-13,16,18,30H,4-5,9-10,14-15H2. The number of aromatic nitrogens is 5. The van der Waals surface area contributed by atoms with E-state index in [1.807, 2.05) is 16.7 Å². The number of benzene rings is 1. The Labute approximate surface area is 175 Å². The molecule has 4 aromatic rings. The fraction of sp³-hybridized carbons (Fsp3) is 0.304. The van der Waals surface area contributed by atoms with E-state index in [9.17, 15) is 5.11 Å². The van der Waals surface area contributed by atoms with E-state index in [1.165, 1.54) is 11.1 Å². The predicted octanol–water partition coefficient (Wildman–Crippen LogP) is 3.06. The molecule has 30 heavy (non-hydrogen) atoms. The second-order valence-corrected chi connectivity index (χ2v) is 7.83. The molecule has 1 saturated heterocycles. The quantitative estimate of drug-likeness (QED) is 0.555. The first-order chi connectivity index (χ1) is 14.8. The summed E-state index contributed by atoms with van der Waals surface area (Å²) in [5.41, 5.74) is 5.25. The number of hydrogen-bond donors (Lipinski definition) is 1. The van der Waals surface area contributed by atoms with E-state index in [1.54, 1.807) is 24.8 Å². The highest BCUT2D eigenvalue weighted by atomic mass is 16.3. The summed E-state index contributed by atoms with van der Waals surface area (Å²) in [4.78, 5) is 11.2. The molecule has 7 heteroatoms. The van der Waals surface area contributed by atoms with E-state index in [2.05, 4.69) is 49.3 Å². The van der Waals surface area contributed by atoms with Crippen LogP contribution >= 0.6 is 0 Å². The van der Waals surface area contributed by atoms with Crippen molar-refractivity contribution in [3.05, 3.63) is 78.0 Å². The molecule has 0 bridgehead atoms. The Morgan fingerprint density at radius 1 is 1.03 bits per heavy atom. The van der Waals surface area contributed by atoms with Crippen LogP contribution in [0.1, 0.15) is 35.4 Å². The van der Waals surface area contributed by atoms with Crippen molar-refractivity contribution in [3.8, 4) is 11.4 Å². The largest absolute Gasteiger partial charge is 0.392 e. The molecule has 4 heterocycles. The summed E-state index contributed by atoms with van der Waals surface area (Å²) in [6.45, 7) is 2.99. The molecule has 7 nitrogen and oxygen atoms in total. The van der Waals surface area contributed by atoms with Crippen molar-refractivity contribution in [2.75, 3.05) is 13.1 Å². The van der Waals surface area contributed by atoms with Gasteiger partial charge < -0.3 is 5.11 Å². The minimum atomic E-state index is -0.0182. The smallest absolute Gasteiger partial charge is 0.160 e. The van der Waals surface area contributed by atoms with Crippen LogP contribution in [-0.4, -0.2) is 47.7 Å². The highest BCUT2D eigenvalue weighted by molar-refractivity contribution is 5.61. The molecule has 3 aromatic heterocycles. The van der Waals surface area contributed by atoms with Gasteiger partial charge in [0.25, 0.3) is 0 Å². The van der Waals surface area contributed by atoms with Gasteiger partial charge in [-0.1, -0.05) is 12.1 Å². The number of hydrogen-bond acceptors (Lipinski definition) is 6. The van der Waals surface area contributed by atoms with Gasteiger partial charge >= 0.3 is 0 Å². The third-order valence-corrected chi connectivity index (χ3v) is 5.94. The lowest BCUT2D eigenvalue weighted by Gasteiger charge is -2.32. The number of pyridine rings is 1. The summed E-state index contributed by atoms with van der Waals surface area (Å²) in [7, 11) is 0. The molecule has 1 N–H and O–H groups in total. The van der Waals surface area contributed by atoms with Gasteiger partial charge in [0.1, 0.15) is 6.33 Å². The van der Waals surface area contributed by atoms with Crippen LogP contribution in [0.15, 0.2) is 61.3 Å². The van der Waals surface area contributed by atoms with Gasteiger partial charge in [-0.2, -0.15) is 0 Å². The Morgan fingerprint density at radius 2 is 1.87 bits per heavy atom. The van der Waals surface area contributed by atoms with E-state index >= 15 is 0 Å². The maximum atomic E-state index is 9.71. The molecule has 1 aliphatic rings. The van der Waals surface area contributed by atoms with Crippen molar-refractivity contribution in [3.63, 3.8) is 0 Å². The SMILES string of the molecule is OCc1ccc(CN2CCC(c3ccn4cnnc4c3)CC2)cc1-c1ncccn1. The molecular formula is C23H24N6O. The third kappa shape index (κ3) is 3.81. The van der Waals surface area contributed by atoms with Gasteiger partial charge in [0.15, 0.2) is 11.5 Å². The van der Waals surface area contributed by atoms with Crippen molar-refractivity contribution in [2.24, 2.45) is 0 Å². The lowest BCUT2D eigenvalue weighted by atomic mass is 9.89. The summed E-state index contributed by atoms with van der Waals surface area (Å²) < 4.78 is 1.95. The van der Waals surface area contributed by atoms with Crippen LogP contribution in [0.3, 0.4) is 0 Å². The first-order valence-electron chi connectivity index (χ1n) is 10.3. The number of nitrogens with zero attached hydrogens (tertiary/aromatic N) is 6.